The first-order valence-corrected chi connectivity index (χ1v) is 6.66. The minimum atomic E-state index is -0.725. The van der Waals surface area contributed by atoms with Crippen molar-refractivity contribution in [3.8, 4) is 0 Å². The molecule has 0 bridgehead atoms. The van der Waals surface area contributed by atoms with Gasteiger partial charge in [0, 0.05) is 9.85 Å². The van der Waals surface area contributed by atoms with Gasteiger partial charge in [-0.1, -0.05) is 11.6 Å². The highest BCUT2D eigenvalue weighted by Gasteiger charge is 2.19. The number of aryl methyl sites for hydroxylation is 1. The van der Waals surface area contributed by atoms with Gasteiger partial charge in [0.15, 0.2) is 5.82 Å². The van der Waals surface area contributed by atoms with Gasteiger partial charge in [-0.25, -0.2) is 9.37 Å². The molecule has 2 rings (SSSR count). The van der Waals surface area contributed by atoms with Crippen molar-refractivity contribution in [2.24, 2.45) is 0 Å². The van der Waals surface area contributed by atoms with Crippen molar-refractivity contribution in [1.29, 1.82) is 0 Å². The van der Waals surface area contributed by atoms with E-state index in [1.54, 1.807) is 12.3 Å². The van der Waals surface area contributed by atoms with Gasteiger partial charge < -0.3 is 0 Å². The van der Waals surface area contributed by atoms with Gasteiger partial charge in [-0.2, -0.15) is 0 Å². The minimum absolute atomic E-state index is 0.0662. The number of carbonyl (C=O) groups is 1. The van der Waals surface area contributed by atoms with E-state index in [2.05, 4.69) is 20.9 Å². The Hall–Kier alpha value is -0.780. The summed E-state index contributed by atoms with van der Waals surface area (Å²) < 4.78 is 14.2. The zero-order chi connectivity index (χ0) is 12.6. The molecule has 1 aromatic heterocycles. The van der Waals surface area contributed by atoms with Crippen LogP contribution in [0.3, 0.4) is 0 Å². The van der Waals surface area contributed by atoms with E-state index in [-0.39, 0.29) is 16.3 Å². The number of thiazole rings is 1. The van der Waals surface area contributed by atoms with Gasteiger partial charge in [-0.3, -0.25) is 4.79 Å². The molecule has 0 aliphatic carbocycles. The van der Waals surface area contributed by atoms with E-state index in [0.717, 1.165) is 5.01 Å². The van der Waals surface area contributed by atoms with E-state index in [4.69, 9.17) is 11.6 Å². The Morgan fingerprint density at radius 2 is 2.24 bits per heavy atom. The highest BCUT2D eigenvalue weighted by Crippen LogP contribution is 2.28. The van der Waals surface area contributed by atoms with Gasteiger partial charge in [0.1, 0.15) is 5.69 Å². The van der Waals surface area contributed by atoms with Crippen LogP contribution in [-0.2, 0) is 0 Å². The normalized spacial score (nSPS) is 10.6. The number of carbonyl (C=O) groups excluding carboxylic acids is 1. The van der Waals surface area contributed by atoms with E-state index in [0.29, 0.717) is 4.47 Å². The Morgan fingerprint density at radius 3 is 2.82 bits per heavy atom. The molecule has 0 aliphatic rings. The van der Waals surface area contributed by atoms with E-state index in [1.807, 2.05) is 0 Å². The highest BCUT2D eigenvalue weighted by atomic mass is 79.9. The fourth-order valence-electron chi connectivity index (χ4n) is 1.31. The Balaban J connectivity index is 2.48. The summed E-state index contributed by atoms with van der Waals surface area (Å²) in [5.74, 6) is -1.18. The summed E-state index contributed by atoms with van der Waals surface area (Å²) in [4.78, 5) is 16.0. The van der Waals surface area contributed by atoms with Crippen LogP contribution in [-0.4, -0.2) is 10.8 Å². The molecule has 0 unspecified atom stereocenters. The van der Waals surface area contributed by atoms with Crippen molar-refractivity contribution < 1.29 is 9.18 Å². The van der Waals surface area contributed by atoms with Gasteiger partial charge in [-0.15, -0.1) is 11.3 Å². The number of aromatic nitrogens is 1. The third kappa shape index (κ3) is 2.41. The van der Waals surface area contributed by atoms with Crippen LogP contribution in [0.1, 0.15) is 21.1 Å². The molecule has 0 saturated carbocycles. The third-order valence-electron chi connectivity index (χ3n) is 2.13. The number of rotatable bonds is 2. The minimum Gasteiger partial charge on any atom is -0.287 e. The van der Waals surface area contributed by atoms with Crippen molar-refractivity contribution in [1.82, 2.24) is 4.98 Å². The SMILES string of the molecule is Cc1nc(C(=O)c2ccc(Br)c(Cl)c2F)cs1. The zero-order valence-electron chi connectivity index (χ0n) is 8.63. The summed E-state index contributed by atoms with van der Waals surface area (Å²) in [7, 11) is 0. The molecule has 0 radical (unpaired) electrons. The summed E-state index contributed by atoms with van der Waals surface area (Å²) in [5, 5.41) is 2.27. The summed E-state index contributed by atoms with van der Waals surface area (Å²) in [6, 6.07) is 2.93. The Kier molecular flexibility index (Phi) is 3.61. The third-order valence-corrected chi connectivity index (χ3v) is 4.16. The Labute approximate surface area is 115 Å². The van der Waals surface area contributed by atoms with E-state index < -0.39 is 11.6 Å². The molecule has 17 heavy (non-hydrogen) atoms. The standard InChI is InChI=1S/C11H6BrClFNOS/c1-5-15-8(4-17-5)11(16)6-2-3-7(12)9(13)10(6)14/h2-4H,1H3. The first kappa shape index (κ1) is 12.7. The van der Waals surface area contributed by atoms with Crippen LogP contribution in [0.4, 0.5) is 4.39 Å². The monoisotopic (exact) mass is 333 g/mol. The Bertz CT molecular complexity index is 599. The molecule has 0 atom stereocenters. The molecule has 1 aromatic carbocycles. The van der Waals surface area contributed by atoms with Crippen molar-refractivity contribution >= 4 is 44.7 Å². The smallest absolute Gasteiger partial charge is 0.215 e. The molecule has 0 spiro atoms. The maximum atomic E-state index is 13.8. The lowest BCUT2D eigenvalue weighted by Gasteiger charge is -2.03. The lowest BCUT2D eigenvalue weighted by Crippen LogP contribution is -2.05. The number of hydrogen-bond donors (Lipinski definition) is 0. The van der Waals surface area contributed by atoms with Crippen molar-refractivity contribution in [3.63, 3.8) is 0 Å². The predicted octanol–water partition coefficient (Wildman–Crippen LogP) is 4.24. The molecular formula is C11H6BrClFNOS. The second-order valence-corrected chi connectivity index (χ2v) is 5.60. The van der Waals surface area contributed by atoms with Crippen LogP contribution in [0.15, 0.2) is 22.0 Å². The molecule has 0 aliphatic heterocycles. The molecule has 0 fully saturated rings. The fourth-order valence-corrected chi connectivity index (χ4v) is 2.37. The Morgan fingerprint density at radius 1 is 1.53 bits per heavy atom. The lowest BCUT2D eigenvalue weighted by atomic mass is 10.1. The molecule has 88 valence electrons. The van der Waals surface area contributed by atoms with E-state index in [9.17, 15) is 9.18 Å². The summed E-state index contributed by atoms with van der Waals surface area (Å²) >= 11 is 10.2. The van der Waals surface area contributed by atoms with Crippen LogP contribution in [0.5, 0.6) is 0 Å². The number of hydrogen-bond acceptors (Lipinski definition) is 3. The van der Waals surface area contributed by atoms with Gasteiger partial charge in [-0.05, 0) is 35.0 Å². The molecular weight excluding hydrogens is 329 g/mol. The molecule has 2 aromatic rings. The van der Waals surface area contributed by atoms with Crippen LogP contribution in [0, 0.1) is 12.7 Å². The van der Waals surface area contributed by atoms with Crippen LogP contribution >= 0.6 is 38.9 Å². The molecule has 2 nitrogen and oxygen atoms in total. The number of nitrogens with zero attached hydrogens (tertiary/aromatic N) is 1. The number of benzene rings is 1. The summed E-state index contributed by atoms with van der Waals surface area (Å²) in [6.07, 6.45) is 0. The van der Waals surface area contributed by atoms with Crippen LogP contribution in [0.25, 0.3) is 0 Å². The van der Waals surface area contributed by atoms with Gasteiger partial charge in [0.25, 0.3) is 0 Å². The lowest BCUT2D eigenvalue weighted by molar-refractivity contribution is 0.103. The van der Waals surface area contributed by atoms with Crippen LogP contribution < -0.4 is 0 Å². The number of ketones is 1. The van der Waals surface area contributed by atoms with Crippen LogP contribution in [0.2, 0.25) is 5.02 Å². The first-order chi connectivity index (χ1) is 8.00. The van der Waals surface area contributed by atoms with Crippen molar-refractivity contribution in [3.05, 3.63) is 49.1 Å². The van der Waals surface area contributed by atoms with E-state index in [1.165, 1.54) is 23.5 Å². The number of halogens is 3. The van der Waals surface area contributed by atoms with E-state index >= 15 is 0 Å². The van der Waals surface area contributed by atoms with Gasteiger partial charge in [0.05, 0.1) is 15.6 Å². The largest absolute Gasteiger partial charge is 0.287 e. The summed E-state index contributed by atoms with van der Waals surface area (Å²) in [5.41, 5.74) is 0.174. The van der Waals surface area contributed by atoms with Crippen molar-refractivity contribution in [2.75, 3.05) is 0 Å². The molecule has 1 heterocycles. The quantitative estimate of drug-likeness (QED) is 0.607. The molecule has 0 amide bonds. The second-order valence-electron chi connectivity index (χ2n) is 3.30. The maximum Gasteiger partial charge on any atom is 0.215 e. The zero-order valence-corrected chi connectivity index (χ0v) is 11.8. The maximum absolute atomic E-state index is 13.8. The first-order valence-electron chi connectivity index (χ1n) is 4.61. The predicted molar refractivity (Wildman–Crippen MR) is 69.4 cm³/mol. The average molecular weight is 335 g/mol. The fraction of sp³-hybridized carbons (Fsp3) is 0.0909. The molecule has 6 heteroatoms. The van der Waals surface area contributed by atoms with Crippen molar-refractivity contribution in [2.45, 2.75) is 6.92 Å². The molecule has 0 saturated heterocycles. The average Bonchev–Trinajstić information content (AvgIpc) is 2.72. The second kappa shape index (κ2) is 4.84. The highest BCUT2D eigenvalue weighted by molar-refractivity contribution is 9.10. The van der Waals surface area contributed by atoms with Gasteiger partial charge in [0.2, 0.25) is 5.78 Å². The van der Waals surface area contributed by atoms with Gasteiger partial charge >= 0.3 is 0 Å². The summed E-state index contributed by atoms with van der Waals surface area (Å²) in [6.45, 7) is 1.78. The topological polar surface area (TPSA) is 30.0 Å². The molecule has 0 N–H and O–H groups in total.